The van der Waals surface area contributed by atoms with Crippen LogP contribution >= 0.6 is 0 Å². The first-order chi connectivity index (χ1) is 6.33. The van der Waals surface area contributed by atoms with E-state index in [-0.39, 0.29) is 0 Å². The van der Waals surface area contributed by atoms with Crippen LogP contribution in [0.1, 0.15) is 19.1 Å². The lowest BCUT2D eigenvalue weighted by molar-refractivity contribution is 0.460. The molecule has 1 heterocycles. The van der Waals surface area contributed by atoms with Crippen LogP contribution in [-0.4, -0.2) is 12.6 Å². The fourth-order valence-electron chi connectivity index (χ4n) is 1.19. The Balaban J connectivity index is 2.19. The molecule has 0 saturated heterocycles. The van der Waals surface area contributed by atoms with E-state index in [1.54, 1.807) is 6.26 Å². The molecule has 0 radical (unpaired) electrons. The number of hydrogen-bond acceptors (Lipinski definition) is 2. The maximum Gasteiger partial charge on any atom is 0.105 e. The second-order valence-electron chi connectivity index (χ2n) is 3.09. The predicted octanol–water partition coefficient (Wildman–Crippen LogP) is 1.82. The SMILES string of the molecule is C#CCCNC(C)Cc1ccco1. The average Bonchev–Trinajstić information content (AvgIpc) is 2.57. The van der Waals surface area contributed by atoms with E-state index in [1.807, 2.05) is 12.1 Å². The van der Waals surface area contributed by atoms with Crippen molar-refractivity contribution in [3.8, 4) is 12.3 Å². The maximum absolute atomic E-state index is 5.23. The molecule has 70 valence electrons. The summed E-state index contributed by atoms with van der Waals surface area (Å²) in [5.41, 5.74) is 0. The molecule has 0 aliphatic rings. The molecule has 1 aromatic heterocycles. The van der Waals surface area contributed by atoms with Gasteiger partial charge in [0.05, 0.1) is 6.26 Å². The fraction of sp³-hybridized carbons (Fsp3) is 0.455. The van der Waals surface area contributed by atoms with Gasteiger partial charge in [0, 0.05) is 25.4 Å². The lowest BCUT2D eigenvalue weighted by Gasteiger charge is -2.10. The number of rotatable bonds is 5. The van der Waals surface area contributed by atoms with Gasteiger partial charge in [-0.2, -0.15) is 0 Å². The van der Waals surface area contributed by atoms with Gasteiger partial charge in [-0.25, -0.2) is 0 Å². The largest absolute Gasteiger partial charge is 0.469 e. The van der Waals surface area contributed by atoms with Crippen molar-refractivity contribution in [1.82, 2.24) is 5.32 Å². The minimum atomic E-state index is 0.416. The Hall–Kier alpha value is -1.20. The third-order valence-electron chi connectivity index (χ3n) is 1.85. The van der Waals surface area contributed by atoms with E-state index in [0.29, 0.717) is 6.04 Å². The Kier molecular flexibility index (Phi) is 4.14. The van der Waals surface area contributed by atoms with Crippen LogP contribution in [0.25, 0.3) is 0 Å². The molecule has 0 spiro atoms. The summed E-state index contributed by atoms with van der Waals surface area (Å²) in [5.74, 6) is 3.61. The second-order valence-corrected chi connectivity index (χ2v) is 3.09. The molecule has 0 amide bonds. The van der Waals surface area contributed by atoms with Crippen molar-refractivity contribution >= 4 is 0 Å². The minimum Gasteiger partial charge on any atom is -0.469 e. The zero-order valence-corrected chi connectivity index (χ0v) is 7.92. The minimum absolute atomic E-state index is 0.416. The van der Waals surface area contributed by atoms with Gasteiger partial charge in [-0.15, -0.1) is 12.3 Å². The highest BCUT2D eigenvalue weighted by Crippen LogP contribution is 2.03. The van der Waals surface area contributed by atoms with Crippen LogP contribution in [0, 0.1) is 12.3 Å². The Morgan fingerprint density at radius 3 is 3.15 bits per heavy atom. The molecule has 0 saturated carbocycles. The van der Waals surface area contributed by atoms with Gasteiger partial charge in [-0.05, 0) is 19.1 Å². The maximum atomic E-state index is 5.23. The van der Waals surface area contributed by atoms with E-state index in [9.17, 15) is 0 Å². The third-order valence-corrected chi connectivity index (χ3v) is 1.85. The van der Waals surface area contributed by atoms with Crippen molar-refractivity contribution in [2.24, 2.45) is 0 Å². The molecular weight excluding hydrogens is 162 g/mol. The van der Waals surface area contributed by atoms with Crippen LogP contribution in [0.3, 0.4) is 0 Å². The summed E-state index contributed by atoms with van der Waals surface area (Å²) in [4.78, 5) is 0. The van der Waals surface area contributed by atoms with Gasteiger partial charge in [-0.1, -0.05) is 0 Å². The number of terminal acetylenes is 1. The first-order valence-electron chi connectivity index (χ1n) is 4.52. The summed E-state index contributed by atoms with van der Waals surface area (Å²) in [5, 5.41) is 3.32. The Morgan fingerprint density at radius 2 is 2.54 bits per heavy atom. The second kappa shape index (κ2) is 5.45. The molecule has 2 heteroatoms. The van der Waals surface area contributed by atoms with Crippen molar-refractivity contribution in [1.29, 1.82) is 0 Å². The summed E-state index contributed by atoms with van der Waals surface area (Å²) in [6.45, 7) is 3.00. The first kappa shape index (κ1) is 9.88. The van der Waals surface area contributed by atoms with Crippen LogP contribution in [-0.2, 0) is 6.42 Å². The molecule has 1 N–H and O–H groups in total. The standard InChI is InChI=1S/C11H15NO/c1-3-4-7-12-10(2)9-11-6-5-8-13-11/h1,5-6,8,10,12H,4,7,9H2,2H3. The predicted molar refractivity (Wildman–Crippen MR) is 53.3 cm³/mol. The molecule has 1 rings (SSSR count). The number of nitrogens with one attached hydrogen (secondary N) is 1. The van der Waals surface area contributed by atoms with Crippen molar-refractivity contribution in [2.75, 3.05) is 6.54 Å². The monoisotopic (exact) mass is 177 g/mol. The first-order valence-corrected chi connectivity index (χ1v) is 4.52. The normalized spacial score (nSPS) is 12.3. The smallest absolute Gasteiger partial charge is 0.105 e. The Morgan fingerprint density at radius 1 is 1.69 bits per heavy atom. The van der Waals surface area contributed by atoms with Gasteiger partial charge >= 0.3 is 0 Å². The molecule has 1 aromatic rings. The van der Waals surface area contributed by atoms with E-state index in [0.717, 1.165) is 25.1 Å². The van der Waals surface area contributed by atoms with Gasteiger partial charge in [0.2, 0.25) is 0 Å². The van der Waals surface area contributed by atoms with Crippen molar-refractivity contribution in [3.05, 3.63) is 24.2 Å². The Bertz CT molecular complexity index is 258. The summed E-state index contributed by atoms with van der Waals surface area (Å²) >= 11 is 0. The van der Waals surface area contributed by atoms with Gasteiger partial charge in [0.25, 0.3) is 0 Å². The topological polar surface area (TPSA) is 25.2 Å². The lowest BCUT2D eigenvalue weighted by atomic mass is 10.2. The molecule has 0 fully saturated rings. The Labute approximate surface area is 79.3 Å². The van der Waals surface area contributed by atoms with Crippen LogP contribution in [0.5, 0.6) is 0 Å². The summed E-state index contributed by atoms with van der Waals surface area (Å²) in [6.07, 6.45) is 8.53. The molecule has 0 aliphatic carbocycles. The van der Waals surface area contributed by atoms with Crippen LogP contribution < -0.4 is 5.32 Å². The highest BCUT2D eigenvalue weighted by Gasteiger charge is 2.03. The van der Waals surface area contributed by atoms with E-state index in [1.165, 1.54) is 0 Å². The van der Waals surface area contributed by atoms with Gasteiger partial charge in [-0.3, -0.25) is 0 Å². The summed E-state index contributed by atoms with van der Waals surface area (Å²) in [6, 6.07) is 4.31. The highest BCUT2D eigenvalue weighted by molar-refractivity contribution is 5.00. The van der Waals surface area contributed by atoms with Crippen molar-refractivity contribution < 1.29 is 4.42 Å². The molecule has 1 atom stereocenters. The summed E-state index contributed by atoms with van der Waals surface area (Å²) < 4.78 is 5.23. The van der Waals surface area contributed by atoms with E-state index in [2.05, 4.69) is 18.2 Å². The quantitative estimate of drug-likeness (QED) is 0.548. The third kappa shape index (κ3) is 3.82. The highest BCUT2D eigenvalue weighted by atomic mass is 16.3. The van der Waals surface area contributed by atoms with E-state index >= 15 is 0 Å². The molecule has 13 heavy (non-hydrogen) atoms. The molecule has 0 aromatic carbocycles. The van der Waals surface area contributed by atoms with E-state index in [4.69, 9.17) is 10.8 Å². The van der Waals surface area contributed by atoms with Gasteiger partial charge < -0.3 is 9.73 Å². The van der Waals surface area contributed by atoms with Crippen molar-refractivity contribution in [3.63, 3.8) is 0 Å². The molecule has 0 aliphatic heterocycles. The molecule has 0 bridgehead atoms. The zero-order valence-electron chi connectivity index (χ0n) is 7.92. The van der Waals surface area contributed by atoms with Crippen LogP contribution in [0.2, 0.25) is 0 Å². The van der Waals surface area contributed by atoms with Crippen molar-refractivity contribution in [2.45, 2.75) is 25.8 Å². The van der Waals surface area contributed by atoms with Gasteiger partial charge in [0.1, 0.15) is 5.76 Å². The molecular formula is C11H15NO. The van der Waals surface area contributed by atoms with Crippen LogP contribution in [0.15, 0.2) is 22.8 Å². The fourth-order valence-corrected chi connectivity index (χ4v) is 1.19. The number of furan rings is 1. The van der Waals surface area contributed by atoms with Crippen LogP contribution in [0.4, 0.5) is 0 Å². The summed E-state index contributed by atoms with van der Waals surface area (Å²) in [7, 11) is 0. The molecule has 2 nitrogen and oxygen atoms in total. The molecule has 1 unspecified atom stereocenters. The van der Waals surface area contributed by atoms with E-state index < -0.39 is 0 Å². The van der Waals surface area contributed by atoms with Gasteiger partial charge in [0.15, 0.2) is 0 Å². The number of hydrogen-bond donors (Lipinski definition) is 1. The average molecular weight is 177 g/mol. The zero-order chi connectivity index (χ0) is 9.52. The lowest BCUT2D eigenvalue weighted by Crippen LogP contribution is -2.28.